The van der Waals surface area contributed by atoms with Gasteiger partial charge in [-0.2, -0.15) is 5.10 Å². The summed E-state index contributed by atoms with van der Waals surface area (Å²) in [5.74, 6) is 2.29. The van der Waals surface area contributed by atoms with E-state index in [1.165, 1.54) is 5.56 Å². The second kappa shape index (κ2) is 9.32. The number of hydrogen-bond donors (Lipinski definition) is 0. The van der Waals surface area contributed by atoms with Gasteiger partial charge in [-0.15, -0.1) is 0 Å². The molecule has 0 amide bonds. The smallest absolute Gasteiger partial charge is 0.164 e. The van der Waals surface area contributed by atoms with E-state index in [4.69, 9.17) is 38.0 Å². The minimum atomic E-state index is -0.178. The summed E-state index contributed by atoms with van der Waals surface area (Å²) in [6.45, 7) is 6.96. The number of hydrogen-bond acceptors (Lipinski definition) is 4. The molecule has 0 spiro atoms. The molecule has 1 aromatic heterocycles. The van der Waals surface area contributed by atoms with Crippen molar-refractivity contribution >= 4 is 34.9 Å². The van der Waals surface area contributed by atoms with Gasteiger partial charge >= 0.3 is 0 Å². The van der Waals surface area contributed by atoms with Crippen LogP contribution in [0.3, 0.4) is 0 Å². The Morgan fingerprint density at radius 2 is 1.74 bits per heavy atom. The van der Waals surface area contributed by atoms with Gasteiger partial charge in [0.15, 0.2) is 11.7 Å². The van der Waals surface area contributed by atoms with Crippen molar-refractivity contribution in [2.24, 2.45) is 4.99 Å². The Hall–Kier alpha value is -3.02. The highest BCUT2D eigenvalue weighted by molar-refractivity contribution is 6.45. The molecule has 0 radical (unpaired) electrons. The number of rotatable bonds is 6. The highest BCUT2D eigenvalue weighted by Crippen LogP contribution is 2.45. The van der Waals surface area contributed by atoms with Gasteiger partial charge in [-0.3, -0.25) is 0 Å². The molecule has 5 rings (SSSR count). The number of amidine groups is 1. The first kappa shape index (κ1) is 22.8. The monoisotopic (exact) mass is 492 g/mol. The molecule has 0 N–H and O–H groups in total. The van der Waals surface area contributed by atoms with E-state index >= 15 is 0 Å². The minimum absolute atomic E-state index is 0.178. The van der Waals surface area contributed by atoms with Gasteiger partial charge in [0.25, 0.3) is 0 Å². The van der Waals surface area contributed by atoms with Crippen LogP contribution < -0.4 is 4.74 Å². The van der Waals surface area contributed by atoms with Gasteiger partial charge in [-0.25, -0.2) is 9.67 Å². The Morgan fingerprint density at radius 3 is 2.44 bits per heavy atom. The number of ether oxygens (including phenoxy) is 1. The van der Waals surface area contributed by atoms with E-state index in [1.807, 2.05) is 34.8 Å². The van der Waals surface area contributed by atoms with Gasteiger partial charge < -0.3 is 9.64 Å². The van der Waals surface area contributed by atoms with Gasteiger partial charge in [0, 0.05) is 11.8 Å². The summed E-state index contributed by atoms with van der Waals surface area (Å²) in [6, 6.07) is 16.3. The van der Waals surface area contributed by atoms with Gasteiger partial charge in [0.2, 0.25) is 0 Å². The van der Waals surface area contributed by atoms with E-state index in [-0.39, 0.29) is 6.04 Å². The fraction of sp³-hybridized carbons (Fsp3) is 0.259. The standard InChI is InChI=1S/C27H26Cl2N4O/c1-4-5-14-34-22-12-8-19(9-13-22)25-24-18(3)31-33(21-10-6-17(2)7-11-21)27(24)30-26-23(29)15-20(28)16-32(25)26/h6-13,15-16,25H,4-5,14H2,1-3H3. The Labute approximate surface area is 210 Å². The molecule has 0 fully saturated rings. The summed E-state index contributed by atoms with van der Waals surface area (Å²) in [6.07, 6.45) is 5.75. The average molecular weight is 493 g/mol. The molecule has 34 heavy (non-hydrogen) atoms. The quantitative estimate of drug-likeness (QED) is 0.338. The van der Waals surface area contributed by atoms with Crippen molar-refractivity contribution in [2.45, 2.75) is 39.7 Å². The molecular formula is C27H26Cl2N4O. The van der Waals surface area contributed by atoms with Crippen LogP contribution in [0.15, 0.2) is 75.9 Å². The van der Waals surface area contributed by atoms with Crippen LogP contribution in [-0.4, -0.2) is 27.1 Å². The maximum Gasteiger partial charge on any atom is 0.164 e. The van der Waals surface area contributed by atoms with E-state index in [1.54, 1.807) is 6.08 Å². The molecule has 0 saturated heterocycles. The molecule has 1 atom stereocenters. The number of allylic oxidation sites excluding steroid dienone is 2. The number of unbranched alkanes of at least 4 members (excludes halogenated alkanes) is 1. The van der Waals surface area contributed by atoms with Gasteiger partial charge in [-0.1, -0.05) is 66.4 Å². The third-order valence-electron chi connectivity index (χ3n) is 6.07. The third kappa shape index (κ3) is 4.15. The molecule has 2 aromatic carbocycles. The molecule has 2 aliphatic heterocycles. The maximum absolute atomic E-state index is 6.64. The average Bonchev–Trinajstić information content (AvgIpc) is 3.15. The molecule has 1 unspecified atom stereocenters. The van der Waals surface area contributed by atoms with Crippen LogP contribution in [0.1, 0.15) is 48.2 Å². The van der Waals surface area contributed by atoms with Crippen molar-refractivity contribution in [1.82, 2.24) is 14.7 Å². The summed E-state index contributed by atoms with van der Waals surface area (Å²) in [5.41, 5.74) is 5.15. The fourth-order valence-electron chi connectivity index (χ4n) is 4.32. The van der Waals surface area contributed by atoms with E-state index in [9.17, 15) is 0 Å². The first-order chi connectivity index (χ1) is 16.5. The molecule has 0 bridgehead atoms. The number of nitrogens with zero attached hydrogens (tertiary/aromatic N) is 4. The molecule has 174 valence electrons. The van der Waals surface area contributed by atoms with Gasteiger partial charge in [0.1, 0.15) is 5.75 Å². The second-order valence-electron chi connectivity index (χ2n) is 8.59. The number of halogens is 2. The van der Waals surface area contributed by atoms with E-state index in [0.717, 1.165) is 46.9 Å². The van der Waals surface area contributed by atoms with Crippen molar-refractivity contribution in [2.75, 3.05) is 6.61 Å². The summed E-state index contributed by atoms with van der Waals surface area (Å²) < 4.78 is 7.77. The number of aromatic nitrogens is 2. The molecule has 3 aromatic rings. The molecular weight excluding hydrogens is 467 g/mol. The summed E-state index contributed by atoms with van der Waals surface area (Å²) in [5, 5.41) is 5.93. The number of aliphatic imine (C=N–C) groups is 1. The number of benzene rings is 2. The van der Waals surface area contributed by atoms with Crippen molar-refractivity contribution in [1.29, 1.82) is 0 Å². The lowest BCUT2D eigenvalue weighted by molar-refractivity contribution is 0.309. The summed E-state index contributed by atoms with van der Waals surface area (Å²) >= 11 is 13.1. The first-order valence-electron chi connectivity index (χ1n) is 11.5. The van der Waals surface area contributed by atoms with Crippen LogP contribution in [0.2, 0.25) is 0 Å². The van der Waals surface area contributed by atoms with E-state index in [2.05, 4.69) is 50.2 Å². The Morgan fingerprint density at radius 1 is 1.00 bits per heavy atom. The van der Waals surface area contributed by atoms with Crippen molar-refractivity contribution in [3.05, 3.63) is 93.3 Å². The van der Waals surface area contributed by atoms with Crippen molar-refractivity contribution in [3.63, 3.8) is 0 Å². The Bertz CT molecular complexity index is 1300. The lowest BCUT2D eigenvalue weighted by Gasteiger charge is -2.37. The van der Waals surface area contributed by atoms with E-state index in [0.29, 0.717) is 22.5 Å². The van der Waals surface area contributed by atoms with Gasteiger partial charge in [-0.05, 0) is 56.2 Å². The largest absolute Gasteiger partial charge is 0.494 e. The predicted molar refractivity (Wildman–Crippen MR) is 139 cm³/mol. The molecule has 0 aliphatic carbocycles. The van der Waals surface area contributed by atoms with Crippen LogP contribution >= 0.6 is 23.2 Å². The van der Waals surface area contributed by atoms with E-state index < -0.39 is 0 Å². The molecule has 0 saturated carbocycles. The van der Waals surface area contributed by atoms with Crippen LogP contribution in [0.5, 0.6) is 5.75 Å². The zero-order valence-electron chi connectivity index (χ0n) is 19.4. The second-order valence-corrected chi connectivity index (χ2v) is 9.44. The Kier molecular flexibility index (Phi) is 6.24. The summed E-state index contributed by atoms with van der Waals surface area (Å²) in [7, 11) is 0. The molecule has 7 heteroatoms. The first-order valence-corrected chi connectivity index (χ1v) is 12.2. The molecule has 2 aliphatic rings. The lowest BCUT2D eigenvalue weighted by Crippen LogP contribution is -2.35. The predicted octanol–water partition coefficient (Wildman–Crippen LogP) is 7.32. The normalized spacial score (nSPS) is 16.9. The van der Waals surface area contributed by atoms with Crippen molar-refractivity contribution < 1.29 is 4.74 Å². The third-order valence-corrected chi connectivity index (χ3v) is 6.56. The van der Waals surface area contributed by atoms with Crippen molar-refractivity contribution in [3.8, 4) is 11.4 Å². The van der Waals surface area contributed by atoms with Crippen LogP contribution in [0, 0.1) is 13.8 Å². The maximum atomic E-state index is 6.64. The molecule has 5 nitrogen and oxygen atoms in total. The zero-order valence-corrected chi connectivity index (χ0v) is 20.9. The zero-order chi connectivity index (χ0) is 23.8. The highest BCUT2D eigenvalue weighted by atomic mass is 35.5. The van der Waals surface area contributed by atoms with Crippen LogP contribution in [0.4, 0.5) is 5.82 Å². The summed E-state index contributed by atoms with van der Waals surface area (Å²) in [4.78, 5) is 7.00. The van der Waals surface area contributed by atoms with Gasteiger partial charge in [0.05, 0.1) is 34.1 Å². The number of aryl methyl sites for hydroxylation is 2. The number of fused-ring (bicyclic) bond motifs is 2. The Balaban J connectivity index is 1.63. The topological polar surface area (TPSA) is 42.6 Å². The minimum Gasteiger partial charge on any atom is -0.494 e. The highest BCUT2D eigenvalue weighted by Gasteiger charge is 2.37. The van der Waals surface area contributed by atoms with Crippen LogP contribution in [0.25, 0.3) is 5.69 Å². The fourth-order valence-corrected chi connectivity index (χ4v) is 4.84. The lowest BCUT2D eigenvalue weighted by atomic mass is 9.94. The van der Waals surface area contributed by atoms with Crippen LogP contribution in [-0.2, 0) is 0 Å². The SMILES string of the molecule is CCCCOc1ccc(C2c3c(C)nn(-c4ccc(C)cc4)c3N=C3C(Cl)=CC(Cl)=CN32)cc1. The molecule has 3 heterocycles.